The third kappa shape index (κ3) is 4.67. The van der Waals surface area contributed by atoms with Gasteiger partial charge in [-0.2, -0.15) is 0 Å². The van der Waals surface area contributed by atoms with E-state index in [0.29, 0.717) is 18.0 Å². The fourth-order valence-corrected chi connectivity index (χ4v) is 3.05. The number of carbonyl (C=O) groups excluding carboxylic acids is 1. The van der Waals surface area contributed by atoms with Gasteiger partial charge in [-0.1, -0.05) is 25.3 Å². The van der Waals surface area contributed by atoms with Gasteiger partial charge in [-0.15, -0.1) is 11.6 Å². The second kappa shape index (κ2) is 7.74. The first-order valence-corrected chi connectivity index (χ1v) is 7.91. The van der Waals surface area contributed by atoms with Crippen molar-refractivity contribution in [2.75, 3.05) is 12.4 Å². The molecule has 0 spiro atoms. The maximum atomic E-state index is 13.7. The van der Waals surface area contributed by atoms with E-state index in [0.717, 1.165) is 18.9 Å². The number of nitrogens with zero attached hydrogens (tertiary/aromatic N) is 1. The van der Waals surface area contributed by atoms with Crippen molar-refractivity contribution in [3.63, 3.8) is 0 Å². The van der Waals surface area contributed by atoms with Crippen molar-refractivity contribution in [3.8, 4) is 0 Å². The minimum Gasteiger partial charge on any atom is -0.337 e. The zero-order valence-electron chi connectivity index (χ0n) is 12.0. The third-order valence-electron chi connectivity index (χ3n) is 4.05. The molecular formula is C16H20ClF2NO. The largest absolute Gasteiger partial charge is 0.337 e. The van der Waals surface area contributed by atoms with E-state index in [1.54, 1.807) is 4.90 Å². The molecule has 1 amide bonds. The standard InChI is InChI=1S/C16H20ClF2NO/c17-9-16(21)20(10-12-4-2-1-3-5-12)11-13-6-7-14(18)8-15(13)19/h6-8,12H,1-5,9-11H2. The smallest absolute Gasteiger partial charge is 0.237 e. The summed E-state index contributed by atoms with van der Waals surface area (Å²) >= 11 is 5.65. The Balaban J connectivity index is 2.06. The molecule has 0 aliphatic heterocycles. The predicted octanol–water partition coefficient (Wildman–Crippen LogP) is 4.11. The minimum atomic E-state index is -0.619. The first kappa shape index (κ1) is 16.2. The molecule has 5 heteroatoms. The highest BCUT2D eigenvalue weighted by molar-refractivity contribution is 6.27. The van der Waals surface area contributed by atoms with Gasteiger partial charge in [0, 0.05) is 24.7 Å². The highest BCUT2D eigenvalue weighted by Gasteiger charge is 2.21. The lowest BCUT2D eigenvalue weighted by Crippen LogP contribution is -2.36. The maximum Gasteiger partial charge on any atom is 0.237 e. The number of amides is 1. The number of alkyl halides is 1. The lowest BCUT2D eigenvalue weighted by Gasteiger charge is -2.29. The Morgan fingerprint density at radius 3 is 2.57 bits per heavy atom. The summed E-state index contributed by atoms with van der Waals surface area (Å²) in [6, 6.07) is 3.45. The van der Waals surface area contributed by atoms with Crippen molar-refractivity contribution < 1.29 is 13.6 Å². The van der Waals surface area contributed by atoms with Crippen LogP contribution in [0.15, 0.2) is 18.2 Å². The number of benzene rings is 1. The topological polar surface area (TPSA) is 20.3 Å². The Hall–Kier alpha value is -1.16. The molecule has 0 radical (unpaired) electrons. The molecule has 2 nitrogen and oxygen atoms in total. The maximum absolute atomic E-state index is 13.7. The molecule has 0 N–H and O–H groups in total. The summed E-state index contributed by atoms with van der Waals surface area (Å²) in [5.41, 5.74) is 0.325. The fourth-order valence-electron chi connectivity index (χ4n) is 2.88. The molecule has 116 valence electrons. The molecule has 1 aliphatic rings. The van der Waals surface area contributed by atoms with Crippen LogP contribution in [0.1, 0.15) is 37.7 Å². The molecule has 0 bridgehead atoms. The molecule has 21 heavy (non-hydrogen) atoms. The molecule has 0 aromatic heterocycles. The van der Waals surface area contributed by atoms with Crippen molar-refractivity contribution in [2.45, 2.75) is 38.6 Å². The van der Waals surface area contributed by atoms with Gasteiger partial charge in [-0.25, -0.2) is 8.78 Å². The fraction of sp³-hybridized carbons (Fsp3) is 0.562. The molecule has 2 rings (SSSR count). The van der Waals surface area contributed by atoms with Crippen LogP contribution in [0.25, 0.3) is 0 Å². The highest BCUT2D eigenvalue weighted by Crippen LogP contribution is 2.25. The Kier molecular flexibility index (Phi) is 5.97. The summed E-state index contributed by atoms with van der Waals surface area (Å²) in [7, 11) is 0. The molecule has 1 fully saturated rings. The molecule has 0 saturated heterocycles. The molecule has 1 aromatic carbocycles. The number of rotatable bonds is 5. The monoisotopic (exact) mass is 315 g/mol. The van der Waals surface area contributed by atoms with Crippen LogP contribution in [0.3, 0.4) is 0 Å². The number of halogens is 3. The number of hydrogen-bond donors (Lipinski definition) is 0. The van der Waals surface area contributed by atoms with E-state index >= 15 is 0 Å². The van der Waals surface area contributed by atoms with Gasteiger partial charge in [0.1, 0.15) is 17.5 Å². The molecular weight excluding hydrogens is 296 g/mol. The summed E-state index contributed by atoms with van der Waals surface area (Å²) in [6.07, 6.45) is 5.79. The van der Waals surface area contributed by atoms with Crippen molar-refractivity contribution in [1.29, 1.82) is 0 Å². The molecule has 1 aliphatic carbocycles. The zero-order chi connectivity index (χ0) is 15.2. The second-order valence-corrected chi connectivity index (χ2v) is 5.91. The van der Waals surface area contributed by atoms with Gasteiger partial charge >= 0.3 is 0 Å². The van der Waals surface area contributed by atoms with Crippen LogP contribution in [0.4, 0.5) is 8.78 Å². The van der Waals surface area contributed by atoms with Crippen molar-refractivity contribution in [2.24, 2.45) is 5.92 Å². The average Bonchev–Trinajstić information content (AvgIpc) is 2.49. The minimum absolute atomic E-state index is 0.116. The van der Waals surface area contributed by atoms with E-state index in [2.05, 4.69) is 0 Å². The van der Waals surface area contributed by atoms with E-state index in [4.69, 9.17) is 11.6 Å². The van der Waals surface area contributed by atoms with Gasteiger partial charge in [0.05, 0.1) is 0 Å². The Morgan fingerprint density at radius 1 is 1.24 bits per heavy atom. The van der Waals surface area contributed by atoms with Crippen molar-refractivity contribution in [3.05, 3.63) is 35.4 Å². The Labute approximate surface area is 129 Å². The van der Waals surface area contributed by atoms with Crippen LogP contribution in [0.2, 0.25) is 0 Å². The van der Waals surface area contributed by atoms with Gasteiger partial charge in [0.15, 0.2) is 0 Å². The first-order chi connectivity index (χ1) is 10.1. The Bertz CT molecular complexity index is 489. The normalized spacial score (nSPS) is 16.0. The van der Waals surface area contributed by atoms with Crippen molar-refractivity contribution >= 4 is 17.5 Å². The summed E-state index contributed by atoms with van der Waals surface area (Å²) in [5.74, 6) is -1.10. The van der Waals surface area contributed by atoms with E-state index < -0.39 is 11.6 Å². The van der Waals surface area contributed by atoms with E-state index in [9.17, 15) is 13.6 Å². The van der Waals surface area contributed by atoms with Gasteiger partial charge in [-0.05, 0) is 24.8 Å². The van der Waals surface area contributed by atoms with Gasteiger partial charge < -0.3 is 4.90 Å². The quantitative estimate of drug-likeness (QED) is 0.749. The van der Waals surface area contributed by atoms with Crippen molar-refractivity contribution in [1.82, 2.24) is 4.90 Å². The van der Waals surface area contributed by atoms with Crippen LogP contribution in [0, 0.1) is 17.6 Å². The second-order valence-electron chi connectivity index (χ2n) is 5.65. The van der Waals surface area contributed by atoms with E-state index in [-0.39, 0.29) is 18.3 Å². The summed E-state index contributed by atoms with van der Waals surface area (Å²) in [6.45, 7) is 0.747. The molecule has 0 unspecified atom stereocenters. The summed E-state index contributed by atoms with van der Waals surface area (Å²) < 4.78 is 26.7. The third-order valence-corrected chi connectivity index (χ3v) is 4.28. The SMILES string of the molecule is O=C(CCl)N(Cc1ccc(F)cc1F)CC1CCCCC1. The Morgan fingerprint density at radius 2 is 1.95 bits per heavy atom. The van der Waals surface area contributed by atoms with E-state index in [1.165, 1.54) is 31.4 Å². The predicted molar refractivity (Wildman–Crippen MR) is 79.1 cm³/mol. The summed E-state index contributed by atoms with van der Waals surface area (Å²) in [5, 5.41) is 0. The van der Waals surface area contributed by atoms with Crippen LogP contribution >= 0.6 is 11.6 Å². The summed E-state index contributed by atoms with van der Waals surface area (Å²) in [4.78, 5) is 13.6. The zero-order valence-corrected chi connectivity index (χ0v) is 12.7. The first-order valence-electron chi connectivity index (χ1n) is 7.38. The average molecular weight is 316 g/mol. The van der Waals surface area contributed by atoms with Crippen LogP contribution in [0.5, 0.6) is 0 Å². The van der Waals surface area contributed by atoms with Gasteiger partial charge in [-0.3, -0.25) is 4.79 Å². The van der Waals surface area contributed by atoms with Crippen LogP contribution < -0.4 is 0 Å². The van der Waals surface area contributed by atoms with Gasteiger partial charge in [0.25, 0.3) is 0 Å². The molecule has 0 atom stereocenters. The number of carbonyl (C=O) groups is 1. The molecule has 0 heterocycles. The number of hydrogen-bond acceptors (Lipinski definition) is 1. The van der Waals surface area contributed by atoms with Crippen LogP contribution in [-0.2, 0) is 11.3 Å². The lowest BCUT2D eigenvalue weighted by molar-refractivity contribution is -0.130. The van der Waals surface area contributed by atoms with Crippen LogP contribution in [-0.4, -0.2) is 23.2 Å². The highest BCUT2D eigenvalue weighted by atomic mass is 35.5. The molecule has 1 aromatic rings. The lowest BCUT2D eigenvalue weighted by atomic mass is 9.89. The molecule has 1 saturated carbocycles. The van der Waals surface area contributed by atoms with E-state index in [1.807, 2.05) is 0 Å². The van der Waals surface area contributed by atoms with Gasteiger partial charge in [0.2, 0.25) is 5.91 Å².